The summed E-state index contributed by atoms with van der Waals surface area (Å²) in [5.41, 5.74) is 2.28. The third-order valence-corrected chi connectivity index (χ3v) is 4.57. The highest BCUT2D eigenvalue weighted by Crippen LogP contribution is 2.26. The van der Waals surface area contributed by atoms with Gasteiger partial charge in [-0.25, -0.2) is 9.78 Å². The third kappa shape index (κ3) is 2.85. The number of amides is 2. The second-order valence-electron chi connectivity index (χ2n) is 6.13. The van der Waals surface area contributed by atoms with Crippen LogP contribution >= 0.6 is 0 Å². The van der Waals surface area contributed by atoms with E-state index in [1.54, 1.807) is 23.4 Å². The molecule has 8 heteroatoms. The number of aromatic amines is 1. The summed E-state index contributed by atoms with van der Waals surface area (Å²) in [6, 6.07) is 10.6. The number of carboxylic acid groups (broad SMARTS) is 1. The number of hydrogen-bond acceptors (Lipinski definition) is 4. The first-order valence-electron chi connectivity index (χ1n) is 8.27. The minimum atomic E-state index is -1.00. The molecule has 0 aliphatic carbocycles. The summed E-state index contributed by atoms with van der Waals surface area (Å²) in [6.07, 6.45) is 2.26. The van der Waals surface area contributed by atoms with Crippen molar-refractivity contribution in [2.75, 3.05) is 19.6 Å². The Kier molecular flexibility index (Phi) is 4.00. The summed E-state index contributed by atoms with van der Waals surface area (Å²) < 4.78 is 0. The highest BCUT2D eigenvalue weighted by atomic mass is 16.4. The molecule has 1 fully saturated rings. The molecule has 0 bridgehead atoms. The van der Waals surface area contributed by atoms with E-state index in [4.69, 9.17) is 0 Å². The number of aromatic nitrogens is 3. The van der Waals surface area contributed by atoms with Crippen molar-refractivity contribution in [3.8, 4) is 0 Å². The van der Waals surface area contributed by atoms with Crippen molar-refractivity contribution >= 4 is 23.0 Å². The number of pyridine rings is 1. The largest absolute Gasteiger partial charge is 0.465 e. The minimum Gasteiger partial charge on any atom is -0.465 e. The molecular weight excluding hydrogens is 334 g/mol. The van der Waals surface area contributed by atoms with Gasteiger partial charge in [0.15, 0.2) is 5.82 Å². The molecule has 132 valence electrons. The minimum absolute atomic E-state index is 0.236. The molecule has 0 spiro atoms. The van der Waals surface area contributed by atoms with Gasteiger partial charge in [0.05, 0.1) is 17.1 Å². The van der Waals surface area contributed by atoms with E-state index in [2.05, 4.69) is 15.0 Å². The zero-order valence-electron chi connectivity index (χ0n) is 13.9. The lowest BCUT2D eigenvalue weighted by Gasteiger charge is -2.39. The predicted octanol–water partition coefficient (Wildman–Crippen LogP) is 2.13. The van der Waals surface area contributed by atoms with E-state index >= 15 is 0 Å². The number of nitrogens with one attached hydrogen (secondary N) is 1. The maximum atomic E-state index is 12.9. The number of fused-ring (bicyclic) bond motifs is 1. The standard InChI is InChI=1S/C18H17N5O3/c24-17(16-20-13-5-1-2-6-14(13)21-16)22-8-9-23(18(25)26)15(11-22)12-4-3-7-19-10-12/h1-7,10,15H,8-9,11H2,(H,20,21)(H,25,26). The average molecular weight is 351 g/mol. The van der Waals surface area contributed by atoms with Crippen molar-refractivity contribution in [3.63, 3.8) is 0 Å². The Bertz CT molecular complexity index is 923. The first-order valence-corrected chi connectivity index (χ1v) is 8.27. The van der Waals surface area contributed by atoms with Crippen LogP contribution in [0.5, 0.6) is 0 Å². The van der Waals surface area contributed by atoms with Crippen LogP contribution in [0.1, 0.15) is 22.2 Å². The fourth-order valence-electron chi connectivity index (χ4n) is 3.26. The van der Waals surface area contributed by atoms with Gasteiger partial charge in [-0.1, -0.05) is 18.2 Å². The van der Waals surface area contributed by atoms with Crippen LogP contribution in [0.2, 0.25) is 0 Å². The van der Waals surface area contributed by atoms with Crippen LogP contribution in [-0.2, 0) is 0 Å². The number of imidazole rings is 1. The van der Waals surface area contributed by atoms with Crippen LogP contribution in [-0.4, -0.2) is 61.5 Å². The Morgan fingerprint density at radius 2 is 2.00 bits per heavy atom. The molecule has 26 heavy (non-hydrogen) atoms. The fourth-order valence-corrected chi connectivity index (χ4v) is 3.26. The Morgan fingerprint density at radius 1 is 1.15 bits per heavy atom. The number of carbonyl (C=O) groups is 2. The SMILES string of the molecule is O=C(c1nc2ccccc2[nH]1)N1CCN(C(=O)O)C(c2cccnc2)C1. The number of hydrogen-bond donors (Lipinski definition) is 2. The van der Waals surface area contributed by atoms with E-state index in [9.17, 15) is 14.7 Å². The zero-order chi connectivity index (χ0) is 18.1. The summed E-state index contributed by atoms with van der Waals surface area (Å²) in [5.74, 6) is 0.0278. The Morgan fingerprint density at radius 3 is 2.73 bits per heavy atom. The Balaban J connectivity index is 1.61. The van der Waals surface area contributed by atoms with Gasteiger partial charge >= 0.3 is 6.09 Å². The molecular formula is C18H17N5O3. The normalized spacial score (nSPS) is 17.5. The zero-order valence-corrected chi connectivity index (χ0v) is 13.9. The number of H-pyrrole nitrogens is 1. The second kappa shape index (κ2) is 6.47. The van der Waals surface area contributed by atoms with Crippen LogP contribution in [0, 0.1) is 0 Å². The van der Waals surface area contributed by atoms with Crippen LogP contribution in [0.25, 0.3) is 11.0 Å². The van der Waals surface area contributed by atoms with Crippen LogP contribution < -0.4 is 0 Å². The van der Waals surface area contributed by atoms with Gasteiger partial charge in [0.25, 0.3) is 5.91 Å². The lowest BCUT2D eigenvalue weighted by atomic mass is 10.0. The van der Waals surface area contributed by atoms with E-state index < -0.39 is 12.1 Å². The van der Waals surface area contributed by atoms with Crippen molar-refractivity contribution < 1.29 is 14.7 Å². The third-order valence-electron chi connectivity index (χ3n) is 4.57. The van der Waals surface area contributed by atoms with E-state index in [1.165, 1.54) is 4.90 Å². The van der Waals surface area contributed by atoms with Gasteiger partial charge in [-0.3, -0.25) is 14.7 Å². The topological polar surface area (TPSA) is 102 Å². The maximum Gasteiger partial charge on any atom is 0.407 e. The summed E-state index contributed by atoms with van der Waals surface area (Å²) >= 11 is 0. The molecule has 1 aliphatic heterocycles. The van der Waals surface area contributed by atoms with Crippen LogP contribution in [0.15, 0.2) is 48.8 Å². The molecule has 0 radical (unpaired) electrons. The Hall–Kier alpha value is -3.42. The molecule has 2 N–H and O–H groups in total. The van der Waals surface area contributed by atoms with E-state index in [0.717, 1.165) is 16.6 Å². The number of carbonyl (C=O) groups excluding carboxylic acids is 1. The van der Waals surface area contributed by atoms with Crippen molar-refractivity contribution in [1.29, 1.82) is 0 Å². The van der Waals surface area contributed by atoms with Gasteiger partial charge in [-0.05, 0) is 23.8 Å². The van der Waals surface area contributed by atoms with Gasteiger partial charge in [0, 0.05) is 32.0 Å². The molecule has 4 rings (SSSR count). The van der Waals surface area contributed by atoms with Gasteiger partial charge in [-0.15, -0.1) is 0 Å². The van der Waals surface area contributed by atoms with Gasteiger partial charge in [0.1, 0.15) is 0 Å². The molecule has 1 saturated heterocycles. The van der Waals surface area contributed by atoms with Gasteiger partial charge in [0.2, 0.25) is 0 Å². The van der Waals surface area contributed by atoms with Crippen molar-refractivity contribution in [2.24, 2.45) is 0 Å². The number of para-hydroxylation sites is 2. The number of piperazine rings is 1. The van der Waals surface area contributed by atoms with Crippen molar-refractivity contribution in [2.45, 2.75) is 6.04 Å². The number of nitrogens with zero attached hydrogens (tertiary/aromatic N) is 4. The molecule has 1 aliphatic rings. The lowest BCUT2D eigenvalue weighted by molar-refractivity contribution is 0.0465. The number of benzene rings is 1. The maximum absolute atomic E-state index is 12.9. The molecule has 2 aromatic heterocycles. The lowest BCUT2D eigenvalue weighted by Crippen LogP contribution is -2.52. The summed E-state index contributed by atoms with van der Waals surface area (Å²) in [4.78, 5) is 38.9. The molecule has 3 aromatic rings. The Labute approximate surface area is 149 Å². The van der Waals surface area contributed by atoms with E-state index in [1.807, 2.05) is 30.3 Å². The summed E-state index contributed by atoms with van der Waals surface area (Å²) in [7, 11) is 0. The molecule has 2 amide bonds. The molecule has 3 heterocycles. The highest BCUT2D eigenvalue weighted by molar-refractivity contribution is 5.94. The van der Waals surface area contributed by atoms with E-state index in [-0.39, 0.29) is 24.8 Å². The van der Waals surface area contributed by atoms with E-state index in [0.29, 0.717) is 6.54 Å². The molecule has 8 nitrogen and oxygen atoms in total. The first kappa shape index (κ1) is 16.1. The van der Waals surface area contributed by atoms with Crippen molar-refractivity contribution in [3.05, 3.63) is 60.2 Å². The smallest absolute Gasteiger partial charge is 0.407 e. The van der Waals surface area contributed by atoms with Crippen LogP contribution in [0.3, 0.4) is 0 Å². The predicted molar refractivity (Wildman–Crippen MR) is 93.7 cm³/mol. The molecule has 1 atom stereocenters. The average Bonchev–Trinajstić information content (AvgIpc) is 3.11. The molecule has 1 aromatic carbocycles. The van der Waals surface area contributed by atoms with Crippen molar-refractivity contribution in [1.82, 2.24) is 24.8 Å². The monoisotopic (exact) mass is 351 g/mol. The first-order chi connectivity index (χ1) is 12.6. The van der Waals surface area contributed by atoms with Gasteiger partial charge in [-0.2, -0.15) is 0 Å². The quantitative estimate of drug-likeness (QED) is 0.736. The second-order valence-corrected chi connectivity index (χ2v) is 6.13. The summed E-state index contributed by atoms with van der Waals surface area (Å²) in [6.45, 7) is 0.813. The summed E-state index contributed by atoms with van der Waals surface area (Å²) in [5, 5.41) is 9.49. The fraction of sp³-hybridized carbons (Fsp3) is 0.222. The molecule has 0 saturated carbocycles. The van der Waals surface area contributed by atoms with Gasteiger partial charge < -0.3 is 15.0 Å². The molecule has 1 unspecified atom stereocenters. The van der Waals surface area contributed by atoms with Crippen LogP contribution in [0.4, 0.5) is 4.79 Å². The number of rotatable bonds is 2. The highest BCUT2D eigenvalue weighted by Gasteiger charge is 2.34.